The van der Waals surface area contributed by atoms with E-state index in [1.54, 1.807) is 0 Å². The van der Waals surface area contributed by atoms with Crippen LogP contribution >= 0.6 is 31.9 Å². The van der Waals surface area contributed by atoms with E-state index >= 15 is 0 Å². The molecule has 0 aromatic heterocycles. The molecule has 0 spiro atoms. The van der Waals surface area contributed by atoms with Gasteiger partial charge in [0, 0.05) is 28.6 Å². The normalized spacial score (nSPS) is 17.6. The van der Waals surface area contributed by atoms with E-state index in [0.717, 1.165) is 5.33 Å². The zero-order chi connectivity index (χ0) is 12.1. The Labute approximate surface area is 121 Å². The van der Waals surface area contributed by atoms with E-state index in [1.165, 1.54) is 60.9 Å². The average Bonchev–Trinajstić information content (AvgIpc) is 2.28. The largest absolute Gasteiger partial charge is 0.371 e. The molecule has 1 aliphatic rings. The number of halogens is 2. The van der Waals surface area contributed by atoms with Crippen LogP contribution in [0.5, 0.6) is 0 Å². The van der Waals surface area contributed by atoms with E-state index in [-0.39, 0.29) is 0 Å². The minimum absolute atomic E-state index is 0.937. The fraction of sp³-hybridized carbons (Fsp3) is 0.571. The summed E-state index contributed by atoms with van der Waals surface area (Å²) >= 11 is 7.18. The quantitative estimate of drug-likeness (QED) is 0.662. The van der Waals surface area contributed by atoms with Crippen molar-refractivity contribution in [3.8, 4) is 0 Å². The van der Waals surface area contributed by atoms with E-state index in [0.29, 0.717) is 0 Å². The highest BCUT2D eigenvalue weighted by atomic mass is 79.9. The van der Waals surface area contributed by atoms with Gasteiger partial charge >= 0.3 is 0 Å². The van der Waals surface area contributed by atoms with E-state index in [2.05, 4.69) is 55.0 Å². The Morgan fingerprint density at radius 1 is 1.00 bits per heavy atom. The topological polar surface area (TPSA) is 3.24 Å². The molecule has 1 heterocycles. The van der Waals surface area contributed by atoms with Crippen molar-refractivity contribution >= 4 is 37.5 Å². The van der Waals surface area contributed by atoms with Crippen LogP contribution in [-0.4, -0.2) is 13.1 Å². The minimum atomic E-state index is 0.937. The zero-order valence-electron chi connectivity index (χ0n) is 10.1. The summed E-state index contributed by atoms with van der Waals surface area (Å²) in [5, 5.41) is 0.937. The fourth-order valence-corrected chi connectivity index (χ4v) is 3.26. The maximum atomic E-state index is 3.59. The standard InChI is InChI=1S/C14H19Br2N/c15-11-12-6-7-13(16)10-14(12)17-8-4-2-1-3-5-9-17/h6-7,10H,1-5,8-9,11H2. The lowest BCUT2D eigenvalue weighted by molar-refractivity contribution is 0.556. The van der Waals surface area contributed by atoms with Crippen LogP contribution in [0.3, 0.4) is 0 Å². The van der Waals surface area contributed by atoms with Crippen molar-refractivity contribution in [2.45, 2.75) is 37.4 Å². The molecular formula is C14H19Br2N. The summed E-state index contributed by atoms with van der Waals surface area (Å²) in [7, 11) is 0. The zero-order valence-corrected chi connectivity index (χ0v) is 13.3. The molecule has 1 aliphatic heterocycles. The Morgan fingerprint density at radius 2 is 1.65 bits per heavy atom. The fourth-order valence-electron chi connectivity index (χ4n) is 2.43. The highest BCUT2D eigenvalue weighted by Crippen LogP contribution is 2.28. The van der Waals surface area contributed by atoms with Crippen molar-refractivity contribution in [1.82, 2.24) is 0 Å². The molecule has 94 valence electrons. The Balaban J connectivity index is 2.20. The van der Waals surface area contributed by atoms with Gasteiger partial charge in [-0.3, -0.25) is 0 Å². The van der Waals surface area contributed by atoms with Crippen LogP contribution < -0.4 is 4.90 Å². The first-order chi connectivity index (χ1) is 8.31. The summed E-state index contributed by atoms with van der Waals surface area (Å²) in [6, 6.07) is 6.61. The summed E-state index contributed by atoms with van der Waals surface area (Å²) < 4.78 is 1.18. The van der Waals surface area contributed by atoms with Crippen LogP contribution in [-0.2, 0) is 5.33 Å². The van der Waals surface area contributed by atoms with Gasteiger partial charge in [0.25, 0.3) is 0 Å². The van der Waals surface area contributed by atoms with Gasteiger partial charge in [-0.1, -0.05) is 57.2 Å². The van der Waals surface area contributed by atoms with Crippen LogP contribution in [0.4, 0.5) is 5.69 Å². The number of benzene rings is 1. The minimum Gasteiger partial charge on any atom is -0.371 e. The van der Waals surface area contributed by atoms with Crippen molar-refractivity contribution in [3.63, 3.8) is 0 Å². The molecule has 1 fully saturated rings. The predicted molar refractivity (Wildman–Crippen MR) is 82.1 cm³/mol. The first kappa shape index (κ1) is 13.4. The van der Waals surface area contributed by atoms with Crippen molar-refractivity contribution in [2.75, 3.05) is 18.0 Å². The molecule has 17 heavy (non-hydrogen) atoms. The van der Waals surface area contributed by atoms with Gasteiger partial charge in [-0.15, -0.1) is 0 Å². The second-order valence-corrected chi connectivity index (χ2v) is 6.14. The highest BCUT2D eigenvalue weighted by molar-refractivity contribution is 9.10. The van der Waals surface area contributed by atoms with Crippen LogP contribution in [0.2, 0.25) is 0 Å². The maximum absolute atomic E-state index is 3.59. The Morgan fingerprint density at radius 3 is 2.29 bits per heavy atom. The third-order valence-electron chi connectivity index (χ3n) is 3.39. The molecule has 0 bridgehead atoms. The summed E-state index contributed by atoms with van der Waals surface area (Å²) in [4.78, 5) is 2.56. The van der Waals surface area contributed by atoms with Crippen LogP contribution in [0.25, 0.3) is 0 Å². The van der Waals surface area contributed by atoms with E-state index < -0.39 is 0 Å². The van der Waals surface area contributed by atoms with Gasteiger partial charge in [-0.05, 0) is 30.5 Å². The Hall–Kier alpha value is -0.0200. The molecule has 0 atom stereocenters. The molecule has 0 radical (unpaired) electrons. The third kappa shape index (κ3) is 3.72. The molecule has 0 unspecified atom stereocenters. The second-order valence-electron chi connectivity index (χ2n) is 4.66. The van der Waals surface area contributed by atoms with Crippen molar-refractivity contribution < 1.29 is 0 Å². The van der Waals surface area contributed by atoms with Gasteiger partial charge in [-0.2, -0.15) is 0 Å². The number of hydrogen-bond acceptors (Lipinski definition) is 1. The monoisotopic (exact) mass is 359 g/mol. The van der Waals surface area contributed by atoms with Gasteiger partial charge in [0.1, 0.15) is 0 Å². The lowest BCUT2D eigenvalue weighted by Crippen LogP contribution is -2.27. The molecule has 0 saturated carbocycles. The van der Waals surface area contributed by atoms with Crippen LogP contribution in [0, 0.1) is 0 Å². The number of alkyl halides is 1. The molecule has 1 nitrogen and oxygen atoms in total. The first-order valence-electron chi connectivity index (χ1n) is 6.40. The smallest absolute Gasteiger partial charge is 0.0418 e. The average molecular weight is 361 g/mol. The Bertz CT molecular complexity index is 357. The first-order valence-corrected chi connectivity index (χ1v) is 8.32. The molecule has 1 aromatic carbocycles. The second kappa shape index (κ2) is 6.79. The Kier molecular flexibility index (Phi) is 5.36. The molecule has 0 aliphatic carbocycles. The van der Waals surface area contributed by atoms with Crippen LogP contribution in [0.15, 0.2) is 22.7 Å². The van der Waals surface area contributed by atoms with E-state index in [9.17, 15) is 0 Å². The van der Waals surface area contributed by atoms with Gasteiger partial charge < -0.3 is 4.90 Å². The lowest BCUT2D eigenvalue weighted by Gasteiger charge is -2.28. The van der Waals surface area contributed by atoms with Gasteiger partial charge in [0.15, 0.2) is 0 Å². The maximum Gasteiger partial charge on any atom is 0.0418 e. The number of anilines is 1. The van der Waals surface area contributed by atoms with Gasteiger partial charge in [-0.25, -0.2) is 0 Å². The van der Waals surface area contributed by atoms with E-state index in [4.69, 9.17) is 0 Å². The van der Waals surface area contributed by atoms with Gasteiger partial charge in [0.2, 0.25) is 0 Å². The summed E-state index contributed by atoms with van der Waals surface area (Å²) in [6.45, 7) is 2.41. The summed E-state index contributed by atoms with van der Waals surface area (Å²) in [5.74, 6) is 0. The molecule has 1 aromatic rings. The number of hydrogen-bond donors (Lipinski definition) is 0. The lowest BCUT2D eigenvalue weighted by atomic mass is 10.1. The summed E-state index contributed by atoms with van der Waals surface area (Å²) in [5.41, 5.74) is 2.80. The van der Waals surface area contributed by atoms with E-state index in [1.807, 2.05) is 0 Å². The van der Waals surface area contributed by atoms with Crippen LogP contribution in [0.1, 0.15) is 37.7 Å². The molecule has 2 rings (SSSR count). The van der Waals surface area contributed by atoms with Crippen molar-refractivity contribution in [3.05, 3.63) is 28.2 Å². The molecule has 0 amide bonds. The molecule has 3 heteroatoms. The number of nitrogens with zero attached hydrogens (tertiary/aromatic N) is 1. The molecule has 1 saturated heterocycles. The SMILES string of the molecule is BrCc1ccc(Br)cc1N1CCCCCCC1. The predicted octanol–water partition coefficient (Wildman–Crippen LogP) is 5.11. The third-order valence-corrected chi connectivity index (χ3v) is 4.49. The number of rotatable bonds is 2. The van der Waals surface area contributed by atoms with Gasteiger partial charge in [0.05, 0.1) is 0 Å². The molecular weight excluding hydrogens is 342 g/mol. The molecule has 0 N–H and O–H groups in total. The highest BCUT2D eigenvalue weighted by Gasteiger charge is 2.12. The van der Waals surface area contributed by atoms with Crippen molar-refractivity contribution in [1.29, 1.82) is 0 Å². The van der Waals surface area contributed by atoms with Crippen molar-refractivity contribution in [2.24, 2.45) is 0 Å². The summed E-state index contributed by atoms with van der Waals surface area (Å²) in [6.07, 6.45) is 6.84.